The molecule has 0 bridgehead atoms. The van der Waals surface area contributed by atoms with Crippen LogP contribution in [0, 0.1) is 13.8 Å². The van der Waals surface area contributed by atoms with Crippen molar-refractivity contribution in [2.75, 3.05) is 6.61 Å². The molecule has 0 radical (unpaired) electrons. The van der Waals surface area contributed by atoms with E-state index in [0.29, 0.717) is 12.2 Å². The Morgan fingerprint density at radius 3 is 2.37 bits per heavy atom. The second-order valence-electron chi connectivity index (χ2n) is 7.46. The van der Waals surface area contributed by atoms with Crippen molar-refractivity contribution in [2.45, 2.75) is 47.0 Å². The van der Waals surface area contributed by atoms with Gasteiger partial charge >= 0.3 is 5.97 Å². The van der Waals surface area contributed by atoms with E-state index in [-0.39, 0.29) is 5.97 Å². The van der Waals surface area contributed by atoms with Crippen molar-refractivity contribution in [3.8, 4) is 5.69 Å². The van der Waals surface area contributed by atoms with Crippen molar-refractivity contribution < 1.29 is 9.53 Å². The van der Waals surface area contributed by atoms with Crippen LogP contribution in [0.1, 0.15) is 59.6 Å². The molecule has 0 spiro atoms. The van der Waals surface area contributed by atoms with Crippen molar-refractivity contribution in [3.05, 3.63) is 82.7 Å². The van der Waals surface area contributed by atoms with Gasteiger partial charge in [-0.2, -0.15) is 0 Å². The third-order valence-electron chi connectivity index (χ3n) is 5.21. The summed E-state index contributed by atoms with van der Waals surface area (Å²) in [6.45, 7) is 8.56. The number of aliphatic imine (C=N–C) groups is 1. The molecular weight excluding hydrogens is 372 g/mol. The molecule has 0 aliphatic rings. The van der Waals surface area contributed by atoms with E-state index in [0.717, 1.165) is 34.7 Å². The minimum absolute atomic E-state index is 0.293. The Kier molecular flexibility index (Phi) is 7.23. The first-order valence-electron chi connectivity index (χ1n) is 10.6. The molecule has 0 atom stereocenters. The topological polar surface area (TPSA) is 43.6 Å². The average Bonchev–Trinajstić information content (AvgIpc) is 3.05. The predicted molar refractivity (Wildman–Crippen MR) is 124 cm³/mol. The fraction of sp³-hybridized carbons (Fsp3) is 0.308. The van der Waals surface area contributed by atoms with Crippen molar-refractivity contribution in [1.82, 2.24) is 4.57 Å². The number of nitrogens with zero attached hydrogens (tertiary/aromatic N) is 2. The summed E-state index contributed by atoms with van der Waals surface area (Å²) < 4.78 is 7.23. The van der Waals surface area contributed by atoms with Crippen molar-refractivity contribution >= 4 is 17.9 Å². The monoisotopic (exact) mass is 402 g/mol. The fourth-order valence-corrected chi connectivity index (χ4v) is 3.55. The number of carbonyl (C=O) groups excluding carboxylic acids is 1. The van der Waals surface area contributed by atoms with Gasteiger partial charge in [0.25, 0.3) is 0 Å². The second kappa shape index (κ2) is 10.1. The minimum Gasteiger partial charge on any atom is -0.462 e. The molecular formula is C26H30N2O2. The molecule has 1 heterocycles. The molecule has 0 N–H and O–H groups in total. The number of hydrogen-bond donors (Lipinski definition) is 0. The van der Waals surface area contributed by atoms with Gasteiger partial charge in [0.05, 0.1) is 17.9 Å². The van der Waals surface area contributed by atoms with Crippen molar-refractivity contribution in [1.29, 1.82) is 0 Å². The number of aromatic nitrogens is 1. The molecule has 0 saturated carbocycles. The van der Waals surface area contributed by atoms with Crippen LogP contribution in [0.3, 0.4) is 0 Å². The largest absolute Gasteiger partial charge is 0.462 e. The Hall–Kier alpha value is -3.14. The normalized spacial score (nSPS) is 11.2. The highest BCUT2D eigenvalue weighted by Crippen LogP contribution is 2.22. The van der Waals surface area contributed by atoms with Crippen LogP contribution in [0.15, 0.2) is 59.6 Å². The van der Waals surface area contributed by atoms with E-state index in [9.17, 15) is 4.79 Å². The van der Waals surface area contributed by atoms with Gasteiger partial charge in [0.15, 0.2) is 0 Å². The number of rotatable bonds is 8. The summed E-state index contributed by atoms with van der Waals surface area (Å²) in [5.41, 5.74) is 7.20. The molecule has 0 saturated heterocycles. The fourth-order valence-electron chi connectivity index (χ4n) is 3.55. The van der Waals surface area contributed by atoms with Gasteiger partial charge < -0.3 is 9.30 Å². The van der Waals surface area contributed by atoms with Gasteiger partial charge in [0, 0.05) is 28.9 Å². The maximum Gasteiger partial charge on any atom is 0.338 e. The Labute approximate surface area is 179 Å². The van der Waals surface area contributed by atoms with E-state index in [1.165, 1.54) is 18.4 Å². The number of aryl methyl sites for hydroxylation is 2. The van der Waals surface area contributed by atoms with Crippen molar-refractivity contribution in [3.63, 3.8) is 0 Å². The molecule has 30 heavy (non-hydrogen) atoms. The number of benzene rings is 2. The van der Waals surface area contributed by atoms with Gasteiger partial charge in [0.2, 0.25) is 0 Å². The van der Waals surface area contributed by atoms with Gasteiger partial charge in [-0.1, -0.05) is 25.5 Å². The highest BCUT2D eigenvalue weighted by Gasteiger charge is 2.11. The Bertz CT molecular complexity index is 1010. The summed E-state index contributed by atoms with van der Waals surface area (Å²) >= 11 is 0. The lowest BCUT2D eigenvalue weighted by atomic mass is 10.1. The molecule has 0 unspecified atom stereocenters. The number of ether oxygens (including phenoxy) is 1. The van der Waals surface area contributed by atoms with E-state index in [2.05, 4.69) is 60.7 Å². The zero-order valence-electron chi connectivity index (χ0n) is 18.3. The second-order valence-corrected chi connectivity index (χ2v) is 7.46. The van der Waals surface area contributed by atoms with Gasteiger partial charge in [-0.25, -0.2) is 4.79 Å². The molecule has 0 amide bonds. The van der Waals surface area contributed by atoms with Crippen LogP contribution in [0.25, 0.3) is 5.69 Å². The van der Waals surface area contributed by atoms with Crippen LogP contribution >= 0.6 is 0 Å². The summed E-state index contributed by atoms with van der Waals surface area (Å²) in [7, 11) is 0. The SMILES string of the molecule is CCCCc1ccc(N=Cc2cc(C)n(-c3ccc(C(=O)OCC)cc3)c2C)cc1. The lowest BCUT2D eigenvalue weighted by molar-refractivity contribution is 0.0526. The highest BCUT2D eigenvalue weighted by atomic mass is 16.5. The summed E-state index contributed by atoms with van der Waals surface area (Å²) in [5.74, 6) is -0.293. The molecule has 2 aromatic carbocycles. The van der Waals surface area contributed by atoms with Crippen LogP contribution in [0.5, 0.6) is 0 Å². The van der Waals surface area contributed by atoms with Crippen LogP contribution in [-0.4, -0.2) is 23.4 Å². The molecule has 0 fully saturated rings. The van der Waals surface area contributed by atoms with E-state index in [1.54, 1.807) is 12.1 Å². The van der Waals surface area contributed by atoms with Gasteiger partial charge in [-0.15, -0.1) is 0 Å². The Balaban J connectivity index is 1.78. The standard InChI is InChI=1S/C26H30N2O2/c1-5-7-8-21-9-13-24(14-10-21)27-18-23-17-19(3)28(20(23)4)25-15-11-22(12-16-25)26(29)30-6-2/h9-18H,5-8H2,1-4H3. The molecule has 3 aromatic rings. The van der Waals surface area contributed by atoms with Gasteiger partial charge in [-0.3, -0.25) is 4.99 Å². The molecule has 4 heteroatoms. The molecule has 3 rings (SSSR count). The average molecular weight is 403 g/mol. The number of carbonyl (C=O) groups is 1. The maximum atomic E-state index is 11.9. The zero-order chi connectivity index (χ0) is 21.5. The highest BCUT2D eigenvalue weighted by molar-refractivity contribution is 5.89. The van der Waals surface area contributed by atoms with Crippen LogP contribution in [0.2, 0.25) is 0 Å². The van der Waals surface area contributed by atoms with Crippen LogP contribution in [0.4, 0.5) is 5.69 Å². The predicted octanol–water partition coefficient (Wildman–Crippen LogP) is 6.36. The van der Waals surface area contributed by atoms with E-state index in [1.807, 2.05) is 25.3 Å². The van der Waals surface area contributed by atoms with E-state index < -0.39 is 0 Å². The smallest absolute Gasteiger partial charge is 0.338 e. The molecule has 4 nitrogen and oxygen atoms in total. The lowest BCUT2D eigenvalue weighted by Gasteiger charge is -2.10. The first kappa shape index (κ1) is 21.6. The Morgan fingerprint density at radius 1 is 1.03 bits per heavy atom. The molecule has 156 valence electrons. The lowest BCUT2D eigenvalue weighted by Crippen LogP contribution is -2.05. The number of unbranched alkanes of at least 4 members (excludes halogenated alkanes) is 1. The quantitative estimate of drug-likeness (QED) is 0.325. The molecule has 0 aliphatic carbocycles. The van der Waals surface area contributed by atoms with Crippen LogP contribution < -0.4 is 0 Å². The van der Waals surface area contributed by atoms with E-state index in [4.69, 9.17) is 4.74 Å². The zero-order valence-corrected chi connectivity index (χ0v) is 18.3. The van der Waals surface area contributed by atoms with E-state index >= 15 is 0 Å². The first-order valence-corrected chi connectivity index (χ1v) is 10.6. The summed E-state index contributed by atoms with van der Waals surface area (Å²) in [6.07, 6.45) is 5.47. The van der Waals surface area contributed by atoms with Crippen molar-refractivity contribution in [2.24, 2.45) is 4.99 Å². The Morgan fingerprint density at radius 2 is 1.73 bits per heavy atom. The summed E-state index contributed by atoms with van der Waals surface area (Å²) in [5, 5.41) is 0. The third kappa shape index (κ3) is 5.07. The summed E-state index contributed by atoms with van der Waals surface area (Å²) in [6, 6.07) is 18.1. The minimum atomic E-state index is -0.293. The van der Waals surface area contributed by atoms with Gasteiger partial charge in [-0.05, 0) is 81.6 Å². The maximum absolute atomic E-state index is 11.9. The molecule has 0 aliphatic heterocycles. The van der Waals surface area contributed by atoms with Gasteiger partial charge in [0.1, 0.15) is 0 Å². The third-order valence-corrected chi connectivity index (χ3v) is 5.21. The summed E-state index contributed by atoms with van der Waals surface area (Å²) in [4.78, 5) is 16.5. The number of esters is 1. The molecule has 1 aromatic heterocycles. The first-order chi connectivity index (χ1) is 14.5. The number of hydrogen-bond acceptors (Lipinski definition) is 3. The van der Waals surface area contributed by atoms with Crippen LogP contribution in [-0.2, 0) is 11.2 Å².